The molecule has 0 aliphatic heterocycles. The van der Waals surface area contributed by atoms with Crippen LogP contribution in [0.5, 0.6) is 0 Å². The third kappa shape index (κ3) is 25.4. The highest BCUT2D eigenvalue weighted by atomic mass is 16.4. The van der Waals surface area contributed by atoms with Crippen molar-refractivity contribution in [2.75, 3.05) is 26.2 Å². The second-order valence-corrected chi connectivity index (χ2v) is 12.8. The summed E-state index contributed by atoms with van der Waals surface area (Å²) in [5.41, 5.74) is 1.99. The van der Waals surface area contributed by atoms with Crippen LogP contribution in [0.4, 0.5) is 0 Å². The van der Waals surface area contributed by atoms with E-state index in [1.165, 1.54) is 82.0 Å². The number of benzene rings is 4. The number of hydrogen-bond donors (Lipinski definition) is 7. The van der Waals surface area contributed by atoms with E-state index < -0.39 is 28.5 Å². The Morgan fingerprint density at radius 2 is 0.585 bits per heavy atom. The number of nitrogens with zero attached hydrogens (tertiary/aromatic N) is 1. The number of hydrogen-bond acceptors (Lipinski definition) is 8. The molecule has 0 fully saturated rings. The summed E-state index contributed by atoms with van der Waals surface area (Å²) in [6, 6.07) is 34.4. The van der Waals surface area contributed by atoms with E-state index in [9.17, 15) is 5.02 Å². The van der Waals surface area contributed by atoms with E-state index in [2.05, 4.69) is 27.7 Å². The van der Waals surface area contributed by atoms with Crippen molar-refractivity contribution in [2.45, 2.75) is 79.1 Å². The van der Waals surface area contributed by atoms with Gasteiger partial charge in [-0.1, -0.05) is 180 Å². The molecule has 288 valence electrons. The predicted octanol–water partition coefficient (Wildman–Crippen LogP) is 1.84. The van der Waals surface area contributed by atoms with Crippen molar-refractivity contribution in [3.63, 3.8) is 0 Å². The second-order valence-electron chi connectivity index (χ2n) is 12.8. The molecule has 0 amide bonds. The van der Waals surface area contributed by atoms with Gasteiger partial charge >= 0.3 is 21.4 Å². The molecule has 13 heteroatoms. The van der Waals surface area contributed by atoms with E-state index in [1.54, 1.807) is 103 Å². The maximum absolute atomic E-state index is 10.3. The molecule has 0 heterocycles. The van der Waals surface area contributed by atoms with Crippen molar-refractivity contribution in [1.29, 1.82) is 0 Å². The number of unbranched alkanes of at least 4 members (excludes halogenated alkanes) is 4. The van der Waals surface area contributed by atoms with Crippen LogP contribution in [0.2, 0.25) is 0 Å². The van der Waals surface area contributed by atoms with Gasteiger partial charge in [-0.25, -0.2) is 0 Å². The Morgan fingerprint density at radius 3 is 0.717 bits per heavy atom. The SMILES string of the molecule is CCCC[N+](CCCC)(CCCC)CCCC.OB(O)c1ccccc1.OB(O)c1ccccc1.OB(O)c1ccccc1.[O-]B(O)c1ccccc1. The normalized spacial score (nSPS) is 10.0. The van der Waals surface area contributed by atoms with Gasteiger partial charge in [0.15, 0.2) is 0 Å². The predicted molar refractivity (Wildman–Crippen MR) is 222 cm³/mol. The monoisotopic (exact) mass is 729 g/mol. The summed E-state index contributed by atoms with van der Waals surface area (Å²) < 4.78 is 1.42. The third-order valence-corrected chi connectivity index (χ3v) is 8.32. The first kappa shape index (κ1) is 49.8. The van der Waals surface area contributed by atoms with E-state index in [-0.39, 0.29) is 0 Å². The Balaban J connectivity index is 0.000000657. The highest BCUT2D eigenvalue weighted by Gasteiger charge is 2.24. The van der Waals surface area contributed by atoms with Crippen molar-refractivity contribution < 1.29 is 44.7 Å². The number of rotatable bonds is 16. The maximum Gasteiger partial charge on any atom is 0.488 e. The molecule has 0 radical (unpaired) electrons. The summed E-state index contributed by atoms with van der Waals surface area (Å²) in [5.74, 6) is 0. The van der Waals surface area contributed by atoms with Gasteiger partial charge in [0.1, 0.15) is 0 Å². The lowest BCUT2D eigenvalue weighted by atomic mass is 9.81. The Bertz CT molecular complexity index is 1130. The van der Waals surface area contributed by atoms with Gasteiger partial charge in [-0.2, -0.15) is 0 Å². The fourth-order valence-electron chi connectivity index (χ4n) is 5.14. The molecule has 4 aromatic carbocycles. The van der Waals surface area contributed by atoms with Gasteiger partial charge in [-0.15, -0.1) is 0 Å². The maximum atomic E-state index is 10.3. The van der Waals surface area contributed by atoms with E-state index in [4.69, 9.17) is 35.2 Å². The molecule has 53 heavy (non-hydrogen) atoms. The van der Waals surface area contributed by atoms with Crippen molar-refractivity contribution >= 4 is 50.3 Å². The lowest BCUT2D eigenvalue weighted by Crippen LogP contribution is -2.50. The largest absolute Gasteiger partial charge is 0.853 e. The molecule has 0 spiro atoms. The molecule has 0 bridgehead atoms. The molecule has 0 atom stereocenters. The van der Waals surface area contributed by atoms with Crippen LogP contribution < -0.4 is 26.9 Å². The average Bonchev–Trinajstić information content (AvgIpc) is 3.19. The molecule has 0 unspecified atom stereocenters. The summed E-state index contributed by atoms with van der Waals surface area (Å²) in [5, 5.41) is 70.2. The van der Waals surface area contributed by atoms with Gasteiger partial charge in [0, 0.05) is 0 Å². The molecule has 4 aromatic rings. The molecular formula is C40H63B4NO8. The van der Waals surface area contributed by atoms with Gasteiger partial charge < -0.3 is 44.7 Å². The molecule has 0 aromatic heterocycles. The zero-order chi connectivity index (χ0) is 39.7. The first-order valence-electron chi connectivity index (χ1n) is 18.9. The van der Waals surface area contributed by atoms with Crippen LogP contribution in [-0.2, 0) is 0 Å². The van der Waals surface area contributed by atoms with Crippen molar-refractivity contribution in [1.82, 2.24) is 0 Å². The fraction of sp³-hybridized carbons (Fsp3) is 0.400. The minimum Gasteiger partial charge on any atom is -0.853 e. The number of quaternary nitrogens is 1. The van der Waals surface area contributed by atoms with Crippen LogP contribution in [0.15, 0.2) is 121 Å². The van der Waals surface area contributed by atoms with Gasteiger partial charge in [0.05, 0.1) is 26.2 Å². The van der Waals surface area contributed by atoms with E-state index in [0.717, 1.165) is 0 Å². The Hall–Kier alpha value is -3.22. The topological polar surface area (TPSA) is 165 Å². The third-order valence-electron chi connectivity index (χ3n) is 8.32. The smallest absolute Gasteiger partial charge is 0.488 e. The lowest BCUT2D eigenvalue weighted by molar-refractivity contribution is -0.929. The summed E-state index contributed by atoms with van der Waals surface area (Å²) >= 11 is 0. The quantitative estimate of drug-likeness (QED) is 0.0679. The van der Waals surface area contributed by atoms with Crippen LogP contribution in [0.25, 0.3) is 0 Å². The Kier molecular flexibility index (Phi) is 30.3. The van der Waals surface area contributed by atoms with Crippen LogP contribution in [0.3, 0.4) is 0 Å². The fourth-order valence-corrected chi connectivity index (χ4v) is 5.14. The average molecular weight is 729 g/mol. The summed E-state index contributed by atoms with van der Waals surface area (Å²) in [7, 11) is -5.62. The zero-order valence-corrected chi connectivity index (χ0v) is 32.3. The summed E-state index contributed by atoms with van der Waals surface area (Å²) in [6.07, 6.45) is 11.1. The first-order chi connectivity index (χ1) is 25.5. The minimum absolute atomic E-state index is 0.414. The van der Waals surface area contributed by atoms with Gasteiger partial charge in [-0.3, -0.25) is 0 Å². The Morgan fingerprint density at radius 1 is 0.377 bits per heavy atom. The molecular weight excluding hydrogens is 666 g/mol. The summed E-state index contributed by atoms with van der Waals surface area (Å²) in [4.78, 5) is 0. The first-order valence-corrected chi connectivity index (χ1v) is 18.9. The van der Waals surface area contributed by atoms with Crippen molar-refractivity contribution in [2.24, 2.45) is 0 Å². The van der Waals surface area contributed by atoms with Crippen LogP contribution in [0.1, 0.15) is 79.1 Å². The molecule has 7 N–H and O–H groups in total. The zero-order valence-electron chi connectivity index (χ0n) is 32.3. The molecule has 4 rings (SSSR count). The van der Waals surface area contributed by atoms with Crippen molar-refractivity contribution in [3.8, 4) is 0 Å². The second kappa shape index (κ2) is 32.2. The molecule has 9 nitrogen and oxygen atoms in total. The molecule has 0 aliphatic rings. The molecule has 0 saturated heterocycles. The highest BCUT2D eigenvalue weighted by molar-refractivity contribution is 6.59. The standard InChI is InChI=1S/C16H36N.3C6H7BO2.C6H6BO2/c1-5-9-13-17(14-10-6-2,15-11-7-3)16-12-8-4;4*8-7(9)6-4-2-1-3-5-6/h5-16H2,1-4H3;3*1-5,8-9H;1-5,8H/q+1;;;;-1. The van der Waals surface area contributed by atoms with E-state index in [0.29, 0.717) is 21.9 Å². The van der Waals surface area contributed by atoms with E-state index >= 15 is 0 Å². The van der Waals surface area contributed by atoms with Crippen LogP contribution in [0, 0.1) is 0 Å². The van der Waals surface area contributed by atoms with E-state index in [1.807, 2.05) is 18.2 Å². The van der Waals surface area contributed by atoms with Gasteiger partial charge in [0.2, 0.25) is 7.12 Å². The van der Waals surface area contributed by atoms with Crippen molar-refractivity contribution in [3.05, 3.63) is 121 Å². The Labute approximate surface area is 320 Å². The van der Waals surface area contributed by atoms with Crippen LogP contribution >= 0.6 is 0 Å². The van der Waals surface area contributed by atoms with Gasteiger partial charge in [-0.05, 0) is 42.1 Å². The highest BCUT2D eigenvalue weighted by Crippen LogP contribution is 2.16. The minimum atomic E-state index is -1.59. The molecule has 0 saturated carbocycles. The van der Waals surface area contributed by atoms with Gasteiger partial charge in [0.25, 0.3) is 0 Å². The van der Waals surface area contributed by atoms with Crippen LogP contribution in [-0.4, -0.2) is 94.3 Å². The summed E-state index contributed by atoms with van der Waals surface area (Å²) in [6.45, 7) is 15.0. The lowest BCUT2D eigenvalue weighted by Gasteiger charge is -2.39. The molecule has 0 aliphatic carbocycles.